The fraction of sp³-hybridized carbons (Fsp3) is 0.560. The first-order valence-electron chi connectivity index (χ1n) is 12.2. The van der Waals surface area contributed by atoms with E-state index in [4.69, 9.17) is 17.2 Å². The number of hydrogen-bond acceptors (Lipinski definition) is 7. The molecular weight excluding hydrogens is 466 g/mol. The highest BCUT2D eigenvalue weighted by Crippen LogP contribution is 2.18. The third kappa shape index (κ3) is 11.4. The van der Waals surface area contributed by atoms with Gasteiger partial charge in [0.1, 0.15) is 12.1 Å². The SMILES string of the molecule is CCCCCC[C@H](CC(=O)[C@H](Cc1ccccc1)NC(=O)[C@@H](N)CO)C(=O)N[C@@H](CC(N)=O)C(N)=O. The van der Waals surface area contributed by atoms with Crippen molar-refractivity contribution in [3.05, 3.63) is 35.9 Å². The summed E-state index contributed by atoms with van der Waals surface area (Å²) in [6.45, 7) is 1.46. The summed E-state index contributed by atoms with van der Waals surface area (Å²) >= 11 is 0. The molecule has 0 radical (unpaired) electrons. The highest BCUT2D eigenvalue weighted by Gasteiger charge is 2.31. The van der Waals surface area contributed by atoms with Gasteiger partial charge in [-0.1, -0.05) is 62.9 Å². The van der Waals surface area contributed by atoms with Gasteiger partial charge < -0.3 is 32.9 Å². The molecule has 9 N–H and O–H groups in total. The number of carbonyl (C=O) groups is 5. The predicted octanol–water partition coefficient (Wildman–Crippen LogP) is -0.575. The van der Waals surface area contributed by atoms with Crippen LogP contribution in [0.4, 0.5) is 0 Å². The zero-order valence-electron chi connectivity index (χ0n) is 20.8. The topological polar surface area (TPSA) is 208 Å². The fourth-order valence-corrected chi connectivity index (χ4v) is 3.70. The summed E-state index contributed by atoms with van der Waals surface area (Å²) in [5.74, 6) is -4.22. The first-order chi connectivity index (χ1) is 17.1. The highest BCUT2D eigenvalue weighted by molar-refractivity contribution is 5.95. The van der Waals surface area contributed by atoms with Crippen LogP contribution in [0.5, 0.6) is 0 Å². The molecule has 0 spiro atoms. The number of amides is 4. The Kier molecular flexibility index (Phi) is 14.0. The molecule has 1 rings (SSSR count). The van der Waals surface area contributed by atoms with Crippen molar-refractivity contribution in [2.24, 2.45) is 23.1 Å². The number of nitrogens with two attached hydrogens (primary N) is 3. The molecule has 0 fully saturated rings. The number of ketones is 1. The normalized spacial score (nSPS) is 14.2. The fourth-order valence-electron chi connectivity index (χ4n) is 3.70. The molecule has 0 aliphatic rings. The van der Waals surface area contributed by atoms with E-state index in [1.807, 2.05) is 13.0 Å². The Morgan fingerprint density at radius 2 is 1.53 bits per heavy atom. The van der Waals surface area contributed by atoms with E-state index in [0.717, 1.165) is 24.8 Å². The first-order valence-corrected chi connectivity index (χ1v) is 12.2. The molecule has 0 aromatic heterocycles. The smallest absolute Gasteiger partial charge is 0.240 e. The number of rotatable bonds is 18. The third-order valence-electron chi connectivity index (χ3n) is 5.81. The third-order valence-corrected chi connectivity index (χ3v) is 5.81. The number of hydrogen-bond donors (Lipinski definition) is 6. The Hall–Kier alpha value is -3.31. The quantitative estimate of drug-likeness (QED) is 0.143. The molecule has 0 bridgehead atoms. The molecule has 11 nitrogen and oxygen atoms in total. The lowest BCUT2D eigenvalue weighted by Crippen LogP contribution is -2.52. The van der Waals surface area contributed by atoms with Gasteiger partial charge in [0.05, 0.1) is 19.1 Å². The summed E-state index contributed by atoms with van der Waals surface area (Å²) in [6, 6.07) is 5.54. The molecule has 4 atom stereocenters. The number of nitrogens with one attached hydrogen (secondary N) is 2. The Bertz CT molecular complexity index is 879. The van der Waals surface area contributed by atoms with E-state index in [1.165, 1.54) is 0 Å². The van der Waals surface area contributed by atoms with Crippen LogP contribution in [0.2, 0.25) is 0 Å². The summed E-state index contributed by atoms with van der Waals surface area (Å²) in [6.07, 6.45) is 3.32. The van der Waals surface area contributed by atoms with Crippen molar-refractivity contribution in [2.45, 2.75) is 76.4 Å². The van der Waals surface area contributed by atoms with E-state index < -0.39 is 66.5 Å². The Labute approximate surface area is 211 Å². The number of primary amides is 2. The van der Waals surface area contributed by atoms with Gasteiger partial charge >= 0.3 is 0 Å². The molecule has 1 aromatic rings. The van der Waals surface area contributed by atoms with Gasteiger partial charge in [-0.15, -0.1) is 0 Å². The predicted molar refractivity (Wildman–Crippen MR) is 134 cm³/mol. The van der Waals surface area contributed by atoms with Crippen molar-refractivity contribution in [1.82, 2.24) is 10.6 Å². The van der Waals surface area contributed by atoms with Crippen molar-refractivity contribution in [3.8, 4) is 0 Å². The molecule has 0 saturated heterocycles. The van der Waals surface area contributed by atoms with Gasteiger partial charge in [-0.05, 0) is 18.4 Å². The molecule has 4 amide bonds. The van der Waals surface area contributed by atoms with E-state index in [9.17, 15) is 29.1 Å². The molecule has 0 aliphatic carbocycles. The van der Waals surface area contributed by atoms with Crippen LogP contribution in [0.1, 0.15) is 57.4 Å². The lowest BCUT2D eigenvalue weighted by atomic mass is 9.90. The number of benzene rings is 1. The van der Waals surface area contributed by atoms with Gasteiger partial charge in [0.25, 0.3) is 0 Å². The van der Waals surface area contributed by atoms with Crippen molar-refractivity contribution in [2.75, 3.05) is 6.61 Å². The maximum Gasteiger partial charge on any atom is 0.240 e. The summed E-state index contributed by atoms with van der Waals surface area (Å²) in [5.41, 5.74) is 16.8. The summed E-state index contributed by atoms with van der Waals surface area (Å²) in [4.78, 5) is 61.7. The van der Waals surface area contributed by atoms with Crippen LogP contribution in [-0.4, -0.2) is 59.3 Å². The molecule has 0 saturated carbocycles. The van der Waals surface area contributed by atoms with Crippen LogP contribution in [0, 0.1) is 5.92 Å². The van der Waals surface area contributed by atoms with Gasteiger partial charge in [-0.25, -0.2) is 0 Å². The van der Waals surface area contributed by atoms with E-state index in [1.54, 1.807) is 24.3 Å². The van der Waals surface area contributed by atoms with E-state index in [-0.39, 0.29) is 12.8 Å². The Balaban J connectivity index is 3.08. The van der Waals surface area contributed by atoms with E-state index >= 15 is 0 Å². The van der Waals surface area contributed by atoms with Gasteiger partial charge in [-0.2, -0.15) is 0 Å². The lowest BCUT2D eigenvalue weighted by molar-refractivity contribution is -0.134. The van der Waals surface area contributed by atoms with Gasteiger partial charge in [0.2, 0.25) is 23.6 Å². The summed E-state index contributed by atoms with van der Waals surface area (Å²) in [7, 11) is 0. The number of carbonyl (C=O) groups excluding carboxylic acids is 5. The number of Topliss-reactive ketones (excluding diaryl/α,β-unsaturated/α-hetero) is 1. The van der Waals surface area contributed by atoms with Crippen LogP contribution in [0.15, 0.2) is 30.3 Å². The molecule has 11 heteroatoms. The van der Waals surface area contributed by atoms with E-state index in [0.29, 0.717) is 12.8 Å². The average Bonchev–Trinajstić information content (AvgIpc) is 2.84. The number of unbranched alkanes of at least 4 members (excludes halogenated alkanes) is 3. The minimum absolute atomic E-state index is 0.166. The van der Waals surface area contributed by atoms with Gasteiger partial charge in [0, 0.05) is 12.3 Å². The second-order valence-corrected chi connectivity index (χ2v) is 8.89. The second-order valence-electron chi connectivity index (χ2n) is 8.89. The highest BCUT2D eigenvalue weighted by atomic mass is 16.3. The van der Waals surface area contributed by atoms with Crippen molar-refractivity contribution >= 4 is 29.4 Å². The Morgan fingerprint density at radius 1 is 0.889 bits per heavy atom. The summed E-state index contributed by atoms with van der Waals surface area (Å²) < 4.78 is 0. The van der Waals surface area contributed by atoms with Crippen molar-refractivity contribution in [1.29, 1.82) is 0 Å². The standard InChI is InChI=1S/C25H39N5O6/c1-2-3-4-8-11-17(24(35)30-20(23(28)34)14-22(27)33)13-21(32)19(29-25(36)18(26)15-31)12-16-9-6-5-7-10-16/h5-7,9-10,17-20,31H,2-4,8,11-15,26H2,1H3,(H2,27,33)(H2,28,34)(H,29,36)(H,30,35)/t17-,18+,19+,20+/m1/s1. The molecule has 200 valence electrons. The molecule has 1 aromatic carbocycles. The first kappa shape index (κ1) is 30.7. The molecule has 36 heavy (non-hydrogen) atoms. The van der Waals surface area contributed by atoms with Crippen LogP contribution >= 0.6 is 0 Å². The zero-order valence-corrected chi connectivity index (χ0v) is 20.8. The number of aliphatic hydroxyl groups is 1. The van der Waals surface area contributed by atoms with Crippen LogP contribution in [0.25, 0.3) is 0 Å². The zero-order chi connectivity index (χ0) is 27.1. The average molecular weight is 506 g/mol. The van der Waals surface area contributed by atoms with Gasteiger partial charge in [-0.3, -0.25) is 24.0 Å². The Morgan fingerprint density at radius 3 is 2.08 bits per heavy atom. The molecular formula is C25H39N5O6. The van der Waals surface area contributed by atoms with Crippen LogP contribution < -0.4 is 27.8 Å². The minimum atomic E-state index is -1.29. The lowest BCUT2D eigenvalue weighted by Gasteiger charge is -2.24. The maximum absolute atomic E-state index is 13.3. The molecule has 0 unspecified atom stereocenters. The molecule has 0 heterocycles. The second kappa shape index (κ2) is 16.4. The maximum atomic E-state index is 13.3. The van der Waals surface area contributed by atoms with Gasteiger partial charge in [0.15, 0.2) is 5.78 Å². The van der Waals surface area contributed by atoms with Crippen molar-refractivity contribution < 1.29 is 29.1 Å². The van der Waals surface area contributed by atoms with Crippen LogP contribution in [0.3, 0.4) is 0 Å². The van der Waals surface area contributed by atoms with E-state index in [2.05, 4.69) is 10.6 Å². The summed E-state index contributed by atoms with van der Waals surface area (Å²) in [5, 5.41) is 14.2. The van der Waals surface area contributed by atoms with Crippen LogP contribution in [-0.2, 0) is 30.4 Å². The van der Waals surface area contributed by atoms with Crippen molar-refractivity contribution in [3.63, 3.8) is 0 Å². The monoisotopic (exact) mass is 505 g/mol. The molecule has 0 aliphatic heterocycles. The largest absolute Gasteiger partial charge is 0.394 e. The minimum Gasteiger partial charge on any atom is -0.394 e. The number of aliphatic hydroxyl groups excluding tert-OH is 1.